The molecule has 0 saturated heterocycles. The van der Waals surface area contributed by atoms with Gasteiger partial charge in [-0.05, 0) is 18.4 Å². The van der Waals surface area contributed by atoms with Crippen molar-refractivity contribution in [2.75, 3.05) is 6.54 Å². The monoisotopic (exact) mass is 419 g/mol. The third-order valence-corrected chi connectivity index (χ3v) is 5.45. The number of unbranched alkanes of at least 4 members (excludes halogenated alkanes) is 9. The van der Waals surface area contributed by atoms with E-state index in [1.807, 2.05) is 30.3 Å². The van der Waals surface area contributed by atoms with Crippen LogP contribution in [0, 0.1) is 0 Å². The predicted octanol–water partition coefficient (Wildman–Crippen LogP) is 4.90. The highest BCUT2D eigenvalue weighted by molar-refractivity contribution is 5.78. The van der Waals surface area contributed by atoms with Crippen LogP contribution >= 0.6 is 0 Å². The summed E-state index contributed by atoms with van der Waals surface area (Å²) in [7, 11) is 0. The van der Waals surface area contributed by atoms with Crippen LogP contribution in [0.1, 0.15) is 89.5 Å². The van der Waals surface area contributed by atoms with Crippen molar-refractivity contribution >= 4 is 11.8 Å². The third-order valence-electron chi connectivity index (χ3n) is 5.45. The fraction of sp³-hybridized carbons (Fsp3) is 0.680. The second-order valence-electron chi connectivity index (χ2n) is 8.32. The van der Waals surface area contributed by atoms with Gasteiger partial charge in [0.25, 0.3) is 0 Å². The molecule has 170 valence electrons. The van der Waals surface area contributed by atoms with Gasteiger partial charge in [-0.3, -0.25) is 9.59 Å². The van der Waals surface area contributed by atoms with Gasteiger partial charge in [0, 0.05) is 19.4 Å². The van der Waals surface area contributed by atoms with Crippen LogP contribution in [0.25, 0.3) is 0 Å². The minimum absolute atomic E-state index is 0.0544. The van der Waals surface area contributed by atoms with Crippen LogP contribution in [0.2, 0.25) is 0 Å². The number of benzene rings is 1. The van der Waals surface area contributed by atoms with Gasteiger partial charge >= 0.3 is 5.97 Å². The van der Waals surface area contributed by atoms with E-state index < -0.39 is 18.1 Å². The summed E-state index contributed by atoms with van der Waals surface area (Å²) in [6, 6.07) is 8.61. The predicted molar refractivity (Wildman–Crippen MR) is 122 cm³/mol. The standard InChI is InChI=1S/C25H41NO4/c1-2-3-4-5-6-7-8-9-10-14-17-22(27)19-23(28)20-26-24(25(29)30)18-21-15-12-11-13-16-21/h11-13,15-16,23-24,26,28H,2-10,14,17-20H2,1H3,(H,29,30)/t23?,24-/m0/s1. The average Bonchev–Trinajstić information content (AvgIpc) is 2.73. The normalized spacial score (nSPS) is 13.1. The smallest absolute Gasteiger partial charge is 0.321 e. The molecule has 3 N–H and O–H groups in total. The van der Waals surface area contributed by atoms with Gasteiger partial charge in [0.05, 0.1) is 6.10 Å². The highest BCUT2D eigenvalue weighted by Gasteiger charge is 2.19. The molecule has 0 saturated carbocycles. The van der Waals surface area contributed by atoms with Crippen LogP contribution in [-0.4, -0.2) is 40.7 Å². The molecule has 1 unspecified atom stereocenters. The zero-order chi connectivity index (χ0) is 22.0. The number of carbonyl (C=O) groups is 2. The van der Waals surface area contributed by atoms with E-state index in [1.165, 1.54) is 51.4 Å². The Labute approximate surface area is 182 Å². The molecule has 0 amide bonds. The summed E-state index contributed by atoms with van der Waals surface area (Å²) < 4.78 is 0. The molecule has 0 spiro atoms. The van der Waals surface area contributed by atoms with Gasteiger partial charge in [-0.2, -0.15) is 0 Å². The zero-order valence-electron chi connectivity index (χ0n) is 18.7. The molecule has 5 heteroatoms. The molecule has 0 heterocycles. The number of nitrogens with one attached hydrogen (secondary N) is 1. The Kier molecular flexibility index (Phi) is 14.9. The van der Waals surface area contributed by atoms with Gasteiger partial charge in [0.1, 0.15) is 11.8 Å². The number of aliphatic hydroxyl groups excluding tert-OH is 1. The first-order chi connectivity index (χ1) is 14.5. The lowest BCUT2D eigenvalue weighted by Crippen LogP contribution is -2.42. The number of hydrogen-bond donors (Lipinski definition) is 3. The lowest BCUT2D eigenvalue weighted by Gasteiger charge is -2.17. The average molecular weight is 420 g/mol. The third kappa shape index (κ3) is 13.5. The first kappa shape index (κ1) is 26.3. The number of carboxylic acid groups (broad SMARTS) is 1. The minimum atomic E-state index is -0.956. The Balaban J connectivity index is 2.10. The van der Waals surface area contributed by atoms with E-state index in [2.05, 4.69) is 12.2 Å². The minimum Gasteiger partial charge on any atom is -0.480 e. The van der Waals surface area contributed by atoms with Crippen LogP contribution in [0.5, 0.6) is 0 Å². The summed E-state index contributed by atoms with van der Waals surface area (Å²) >= 11 is 0. The number of aliphatic hydroxyl groups is 1. The Hall–Kier alpha value is -1.72. The van der Waals surface area contributed by atoms with Crippen molar-refractivity contribution in [1.29, 1.82) is 0 Å². The zero-order valence-corrected chi connectivity index (χ0v) is 18.7. The van der Waals surface area contributed by atoms with E-state index >= 15 is 0 Å². The number of carbonyl (C=O) groups excluding carboxylic acids is 1. The maximum absolute atomic E-state index is 12.1. The van der Waals surface area contributed by atoms with Crippen LogP contribution in [-0.2, 0) is 16.0 Å². The number of rotatable bonds is 19. The van der Waals surface area contributed by atoms with E-state index in [1.54, 1.807) is 0 Å². The molecular weight excluding hydrogens is 378 g/mol. The summed E-state index contributed by atoms with van der Waals surface area (Å²) in [6.07, 6.45) is 12.4. The molecule has 2 atom stereocenters. The van der Waals surface area contributed by atoms with Gasteiger partial charge in [0.2, 0.25) is 0 Å². The second-order valence-corrected chi connectivity index (χ2v) is 8.32. The van der Waals surface area contributed by atoms with Crippen molar-refractivity contribution in [3.05, 3.63) is 35.9 Å². The maximum atomic E-state index is 12.1. The molecule has 0 aliphatic carbocycles. The molecule has 0 aliphatic heterocycles. The summed E-state index contributed by atoms with van der Waals surface area (Å²) in [6.45, 7) is 2.34. The number of Topliss-reactive ketones (excluding diaryl/α,β-unsaturated/α-hetero) is 1. The van der Waals surface area contributed by atoms with Crippen molar-refractivity contribution in [2.24, 2.45) is 0 Å². The van der Waals surface area contributed by atoms with E-state index in [9.17, 15) is 19.8 Å². The number of hydrogen-bond acceptors (Lipinski definition) is 4. The Bertz CT molecular complexity index is 576. The molecule has 1 rings (SSSR count). The van der Waals surface area contributed by atoms with Crippen LogP contribution in [0.4, 0.5) is 0 Å². The molecule has 0 bridgehead atoms. The molecule has 1 aromatic carbocycles. The Morgan fingerprint density at radius 3 is 2.03 bits per heavy atom. The molecule has 0 aliphatic rings. The maximum Gasteiger partial charge on any atom is 0.321 e. The van der Waals surface area contributed by atoms with Crippen LogP contribution in [0.3, 0.4) is 0 Å². The van der Waals surface area contributed by atoms with Crippen LogP contribution < -0.4 is 5.32 Å². The Morgan fingerprint density at radius 1 is 0.900 bits per heavy atom. The lowest BCUT2D eigenvalue weighted by molar-refractivity contribution is -0.139. The largest absolute Gasteiger partial charge is 0.480 e. The Morgan fingerprint density at radius 2 is 1.47 bits per heavy atom. The van der Waals surface area contributed by atoms with Gasteiger partial charge in [-0.15, -0.1) is 0 Å². The van der Waals surface area contributed by atoms with Crippen molar-refractivity contribution in [3.8, 4) is 0 Å². The molecular formula is C25H41NO4. The van der Waals surface area contributed by atoms with Gasteiger partial charge in [0.15, 0.2) is 0 Å². The van der Waals surface area contributed by atoms with E-state index in [0.717, 1.165) is 18.4 Å². The van der Waals surface area contributed by atoms with Crippen molar-refractivity contribution in [3.63, 3.8) is 0 Å². The van der Waals surface area contributed by atoms with Gasteiger partial charge in [-0.25, -0.2) is 0 Å². The molecule has 0 fully saturated rings. The quantitative estimate of drug-likeness (QED) is 0.278. The molecule has 0 aromatic heterocycles. The van der Waals surface area contributed by atoms with Gasteiger partial charge < -0.3 is 15.5 Å². The highest BCUT2D eigenvalue weighted by Crippen LogP contribution is 2.12. The fourth-order valence-corrected chi connectivity index (χ4v) is 3.62. The lowest BCUT2D eigenvalue weighted by atomic mass is 10.0. The summed E-state index contributed by atoms with van der Waals surface area (Å²) in [5, 5.41) is 22.4. The van der Waals surface area contributed by atoms with E-state index in [4.69, 9.17) is 0 Å². The number of ketones is 1. The topological polar surface area (TPSA) is 86.6 Å². The van der Waals surface area contributed by atoms with Gasteiger partial charge in [-0.1, -0.05) is 95.0 Å². The molecule has 30 heavy (non-hydrogen) atoms. The van der Waals surface area contributed by atoms with Crippen molar-refractivity contribution < 1.29 is 19.8 Å². The summed E-state index contributed by atoms with van der Waals surface area (Å²) in [4.78, 5) is 23.5. The number of aliphatic carboxylic acids is 1. The van der Waals surface area contributed by atoms with Crippen molar-refractivity contribution in [1.82, 2.24) is 5.32 Å². The van der Waals surface area contributed by atoms with E-state index in [-0.39, 0.29) is 18.7 Å². The molecule has 5 nitrogen and oxygen atoms in total. The number of carboxylic acids is 1. The summed E-state index contributed by atoms with van der Waals surface area (Å²) in [5.41, 5.74) is 0.920. The highest BCUT2D eigenvalue weighted by atomic mass is 16.4. The molecule has 1 aromatic rings. The fourth-order valence-electron chi connectivity index (χ4n) is 3.62. The first-order valence-electron chi connectivity index (χ1n) is 11.7. The second kappa shape index (κ2) is 17.0. The molecule has 0 radical (unpaired) electrons. The first-order valence-corrected chi connectivity index (χ1v) is 11.7. The van der Waals surface area contributed by atoms with Crippen molar-refractivity contribution in [2.45, 2.75) is 103 Å². The summed E-state index contributed by atoms with van der Waals surface area (Å²) in [5.74, 6) is -0.901. The SMILES string of the molecule is CCCCCCCCCCCCC(=O)CC(O)CN[C@@H](Cc1ccccc1)C(=O)O. The van der Waals surface area contributed by atoms with E-state index in [0.29, 0.717) is 12.8 Å². The van der Waals surface area contributed by atoms with Crippen LogP contribution in [0.15, 0.2) is 30.3 Å².